The van der Waals surface area contributed by atoms with Crippen molar-refractivity contribution in [2.45, 2.75) is 32.4 Å². The van der Waals surface area contributed by atoms with Crippen molar-refractivity contribution in [3.8, 4) is 5.75 Å². The van der Waals surface area contributed by atoms with Gasteiger partial charge in [-0.15, -0.1) is 0 Å². The van der Waals surface area contributed by atoms with Gasteiger partial charge in [0.05, 0.1) is 11.9 Å². The lowest BCUT2D eigenvalue weighted by atomic mass is 10.1. The Morgan fingerprint density at radius 2 is 2.05 bits per heavy atom. The molecule has 0 radical (unpaired) electrons. The summed E-state index contributed by atoms with van der Waals surface area (Å²) in [4.78, 5) is 0. The summed E-state index contributed by atoms with van der Waals surface area (Å²) in [6.07, 6.45) is 1.75. The zero-order valence-corrected chi connectivity index (χ0v) is 12.4. The smallest absolute Gasteiger partial charge is 0.147 e. The third kappa shape index (κ3) is 6.04. The van der Waals surface area contributed by atoms with Gasteiger partial charge < -0.3 is 4.74 Å². The van der Waals surface area contributed by atoms with Crippen LogP contribution in [0, 0.1) is 0 Å². The second kappa shape index (κ2) is 6.88. The summed E-state index contributed by atoms with van der Waals surface area (Å²) >= 11 is 0. The number of nitrogens with two attached hydrogens (primary N) is 1. The van der Waals surface area contributed by atoms with E-state index in [9.17, 15) is 8.42 Å². The van der Waals surface area contributed by atoms with Crippen LogP contribution in [0.4, 0.5) is 0 Å². The fraction of sp³-hybridized carbons (Fsp3) is 0.538. The van der Waals surface area contributed by atoms with Crippen LogP contribution < -0.4 is 16.0 Å². The van der Waals surface area contributed by atoms with Crippen molar-refractivity contribution in [1.29, 1.82) is 0 Å². The minimum atomic E-state index is -2.99. The highest BCUT2D eigenvalue weighted by molar-refractivity contribution is 7.90. The minimum Gasteiger partial charge on any atom is -0.491 e. The van der Waals surface area contributed by atoms with E-state index in [-0.39, 0.29) is 17.9 Å². The van der Waals surface area contributed by atoms with Crippen molar-refractivity contribution in [1.82, 2.24) is 5.43 Å². The fourth-order valence-electron chi connectivity index (χ4n) is 1.75. The molecule has 0 spiro atoms. The van der Waals surface area contributed by atoms with Crippen molar-refractivity contribution in [2.75, 3.05) is 12.0 Å². The van der Waals surface area contributed by atoms with Crippen LogP contribution >= 0.6 is 0 Å². The van der Waals surface area contributed by atoms with Crippen LogP contribution in [-0.2, 0) is 9.84 Å². The van der Waals surface area contributed by atoms with Gasteiger partial charge in [0, 0.05) is 12.3 Å². The lowest BCUT2D eigenvalue weighted by Crippen LogP contribution is -2.29. The van der Waals surface area contributed by atoms with Gasteiger partial charge in [-0.25, -0.2) is 8.42 Å². The molecule has 3 N–H and O–H groups in total. The number of ether oxygens (including phenoxy) is 1. The van der Waals surface area contributed by atoms with E-state index in [1.165, 1.54) is 6.26 Å². The summed E-state index contributed by atoms with van der Waals surface area (Å²) < 4.78 is 28.0. The van der Waals surface area contributed by atoms with Crippen molar-refractivity contribution in [2.24, 2.45) is 5.84 Å². The first-order valence-electron chi connectivity index (χ1n) is 6.22. The molecule has 0 fully saturated rings. The zero-order chi connectivity index (χ0) is 14.5. The lowest BCUT2D eigenvalue weighted by molar-refractivity contribution is 0.242. The second-order valence-electron chi connectivity index (χ2n) is 4.88. The van der Waals surface area contributed by atoms with Gasteiger partial charge in [-0.05, 0) is 38.0 Å². The van der Waals surface area contributed by atoms with Gasteiger partial charge in [-0.1, -0.05) is 12.1 Å². The lowest BCUT2D eigenvalue weighted by Gasteiger charge is -2.17. The Morgan fingerprint density at radius 1 is 1.37 bits per heavy atom. The quantitative estimate of drug-likeness (QED) is 0.585. The molecule has 1 unspecified atom stereocenters. The normalized spacial score (nSPS) is 13.5. The predicted octanol–water partition coefficient (Wildman–Crippen LogP) is 1.41. The highest BCUT2D eigenvalue weighted by atomic mass is 32.2. The highest BCUT2D eigenvalue weighted by Crippen LogP contribution is 2.22. The maximum atomic E-state index is 11.2. The average Bonchev–Trinajstić information content (AvgIpc) is 2.28. The number of hydrazine groups is 1. The summed E-state index contributed by atoms with van der Waals surface area (Å²) in [5.74, 6) is 6.35. The molecular weight excluding hydrogens is 264 g/mol. The summed E-state index contributed by atoms with van der Waals surface area (Å²) in [7, 11) is -2.99. The molecule has 0 bridgehead atoms. The second-order valence-corrected chi connectivity index (χ2v) is 7.14. The zero-order valence-electron chi connectivity index (χ0n) is 11.6. The third-order valence-electron chi connectivity index (χ3n) is 2.61. The molecule has 0 aliphatic carbocycles. The average molecular weight is 286 g/mol. The Hall–Kier alpha value is -1.11. The van der Waals surface area contributed by atoms with Gasteiger partial charge in [-0.3, -0.25) is 11.3 Å². The highest BCUT2D eigenvalue weighted by Gasteiger charge is 2.14. The van der Waals surface area contributed by atoms with Gasteiger partial charge >= 0.3 is 0 Å². The van der Waals surface area contributed by atoms with Crippen LogP contribution in [-0.4, -0.2) is 26.5 Å². The topological polar surface area (TPSA) is 81.4 Å². The molecule has 0 heterocycles. The first kappa shape index (κ1) is 15.9. The summed E-state index contributed by atoms with van der Waals surface area (Å²) in [5, 5.41) is 0. The third-order valence-corrected chi connectivity index (χ3v) is 3.59. The molecule has 108 valence electrons. The molecule has 1 rings (SSSR count). The standard InChI is InChI=1S/C13H22N2O3S/c1-10(2)18-12-6-4-5-11(9-12)13(15-14)7-8-19(3,16)17/h4-6,9-10,13,15H,7-8,14H2,1-3H3. The number of hydrogen-bond acceptors (Lipinski definition) is 5. The van der Waals surface area contributed by atoms with E-state index in [1.807, 2.05) is 38.1 Å². The molecule has 19 heavy (non-hydrogen) atoms. The van der Waals surface area contributed by atoms with E-state index in [4.69, 9.17) is 10.6 Å². The number of benzene rings is 1. The summed E-state index contributed by atoms with van der Waals surface area (Å²) in [6, 6.07) is 7.32. The SMILES string of the molecule is CC(C)Oc1cccc(C(CCS(C)(=O)=O)NN)c1. The van der Waals surface area contributed by atoms with Crippen molar-refractivity contribution in [3.05, 3.63) is 29.8 Å². The van der Waals surface area contributed by atoms with Crippen LogP contribution in [0.5, 0.6) is 5.75 Å². The molecule has 0 saturated carbocycles. The molecule has 1 aromatic rings. The van der Waals surface area contributed by atoms with Gasteiger partial charge in [0.15, 0.2) is 0 Å². The maximum absolute atomic E-state index is 11.2. The van der Waals surface area contributed by atoms with E-state index < -0.39 is 9.84 Å². The molecule has 0 amide bonds. The van der Waals surface area contributed by atoms with E-state index in [0.29, 0.717) is 6.42 Å². The number of nitrogens with one attached hydrogen (secondary N) is 1. The molecule has 0 aliphatic heterocycles. The van der Waals surface area contributed by atoms with Gasteiger partial charge in [0.1, 0.15) is 15.6 Å². The number of rotatable bonds is 7. The van der Waals surface area contributed by atoms with Crippen LogP contribution in [0.3, 0.4) is 0 Å². The Labute approximate surface area is 115 Å². The van der Waals surface area contributed by atoms with E-state index in [2.05, 4.69) is 5.43 Å². The van der Waals surface area contributed by atoms with Crippen molar-refractivity contribution < 1.29 is 13.2 Å². The number of sulfone groups is 1. The molecule has 0 aliphatic rings. The van der Waals surface area contributed by atoms with Crippen molar-refractivity contribution in [3.63, 3.8) is 0 Å². The molecule has 5 nitrogen and oxygen atoms in total. The minimum absolute atomic E-state index is 0.0931. The Morgan fingerprint density at radius 3 is 2.58 bits per heavy atom. The predicted molar refractivity (Wildman–Crippen MR) is 76.6 cm³/mol. The molecule has 0 aromatic heterocycles. The Bertz CT molecular complexity index is 500. The number of hydrogen-bond donors (Lipinski definition) is 2. The molecular formula is C13H22N2O3S. The Balaban J connectivity index is 2.80. The van der Waals surface area contributed by atoms with E-state index >= 15 is 0 Å². The largest absolute Gasteiger partial charge is 0.491 e. The van der Waals surface area contributed by atoms with Crippen molar-refractivity contribution >= 4 is 9.84 Å². The summed E-state index contributed by atoms with van der Waals surface area (Å²) in [6.45, 7) is 3.91. The monoisotopic (exact) mass is 286 g/mol. The van der Waals surface area contributed by atoms with Crippen LogP contribution in [0.15, 0.2) is 24.3 Å². The maximum Gasteiger partial charge on any atom is 0.147 e. The summed E-state index contributed by atoms with van der Waals surface area (Å²) in [5.41, 5.74) is 3.57. The first-order chi connectivity index (χ1) is 8.81. The first-order valence-corrected chi connectivity index (χ1v) is 8.28. The van der Waals surface area contributed by atoms with Crippen LogP contribution in [0.2, 0.25) is 0 Å². The van der Waals surface area contributed by atoms with Gasteiger partial charge in [-0.2, -0.15) is 0 Å². The molecule has 1 atom stereocenters. The Kier molecular flexibility index (Phi) is 5.78. The van der Waals surface area contributed by atoms with Gasteiger partial charge in [0.2, 0.25) is 0 Å². The van der Waals surface area contributed by atoms with Crippen LogP contribution in [0.25, 0.3) is 0 Å². The van der Waals surface area contributed by atoms with E-state index in [0.717, 1.165) is 11.3 Å². The molecule has 1 aromatic carbocycles. The van der Waals surface area contributed by atoms with E-state index in [1.54, 1.807) is 0 Å². The fourth-order valence-corrected chi connectivity index (χ4v) is 2.42. The molecule has 0 saturated heterocycles. The van der Waals surface area contributed by atoms with Gasteiger partial charge in [0.25, 0.3) is 0 Å². The van der Waals surface area contributed by atoms with Crippen LogP contribution in [0.1, 0.15) is 31.9 Å². The molecule has 6 heteroatoms.